The van der Waals surface area contributed by atoms with E-state index < -0.39 is 12.0 Å². The number of rotatable bonds is 15. The highest BCUT2D eigenvalue weighted by molar-refractivity contribution is 6.12. The highest BCUT2D eigenvalue weighted by Crippen LogP contribution is 2.23. The lowest BCUT2D eigenvalue weighted by molar-refractivity contribution is -0.141. The number of ketones is 1. The van der Waals surface area contributed by atoms with Crippen molar-refractivity contribution in [1.29, 1.82) is 0 Å². The van der Waals surface area contributed by atoms with Crippen molar-refractivity contribution < 1.29 is 19.1 Å². The largest absolute Gasteiger partial charge is 0.494 e. The summed E-state index contributed by atoms with van der Waals surface area (Å²) in [5.74, 6) is 0.251. The second-order valence-corrected chi connectivity index (χ2v) is 10.8. The summed E-state index contributed by atoms with van der Waals surface area (Å²) in [7, 11) is 1.37. The number of hydrogen-bond donors (Lipinski definition) is 1. The van der Waals surface area contributed by atoms with Crippen LogP contribution in [0, 0.1) is 0 Å². The van der Waals surface area contributed by atoms with Gasteiger partial charge in [-0.3, -0.25) is 4.79 Å². The molecule has 45 heavy (non-hydrogen) atoms. The first-order chi connectivity index (χ1) is 22.1. The van der Waals surface area contributed by atoms with Crippen molar-refractivity contribution >= 4 is 23.1 Å². The average molecular weight is 599 g/mol. The number of nitrogens with one attached hydrogen (secondary N) is 1. The maximum atomic E-state index is 13.2. The van der Waals surface area contributed by atoms with Crippen molar-refractivity contribution in [2.24, 2.45) is 0 Å². The van der Waals surface area contributed by atoms with E-state index in [2.05, 4.69) is 58.7 Å². The zero-order chi connectivity index (χ0) is 31.3. The van der Waals surface area contributed by atoms with Gasteiger partial charge in [-0.05, 0) is 53.9 Å². The number of carbonyl (C=O) groups excluding carboxylic acids is 2. The zero-order valence-electron chi connectivity index (χ0n) is 25.5. The van der Waals surface area contributed by atoms with Gasteiger partial charge in [0.2, 0.25) is 0 Å². The zero-order valence-corrected chi connectivity index (χ0v) is 25.5. The standard InChI is InChI=1S/C39H38N2O4/c1-44-39(43)37(40-36-21-12-11-20-35(36)38(42)32-16-7-3-8-17-32)28-30-22-24-34(25-23-30)45-27-13-26-41(33-18-9-4-10-19-33)29-31-14-5-2-6-15-31/h2-12,14-25,37,40H,13,26-29H2,1H3/t37-/m0/s1. The molecule has 0 heterocycles. The van der Waals surface area contributed by atoms with Crippen LogP contribution in [0.3, 0.4) is 0 Å². The van der Waals surface area contributed by atoms with Crippen LogP contribution in [0.25, 0.3) is 0 Å². The van der Waals surface area contributed by atoms with Gasteiger partial charge in [-0.15, -0.1) is 0 Å². The molecule has 0 aliphatic heterocycles. The van der Waals surface area contributed by atoms with E-state index in [0.29, 0.717) is 29.8 Å². The summed E-state index contributed by atoms with van der Waals surface area (Å²) >= 11 is 0. The molecule has 0 fully saturated rings. The molecule has 5 rings (SSSR count). The minimum atomic E-state index is -0.680. The molecule has 0 saturated carbocycles. The molecule has 0 radical (unpaired) electrons. The summed E-state index contributed by atoms with van der Waals surface area (Å²) in [4.78, 5) is 28.4. The van der Waals surface area contributed by atoms with Gasteiger partial charge in [0.25, 0.3) is 0 Å². The van der Waals surface area contributed by atoms with Crippen LogP contribution in [0.2, 0.25) is 0 Å². The summed E-state index contributed by atoms with van der Waals surface area (Å²) in [5, 5.41) is 3.26. The molecular formula is C39H38N2O4. The van der Waals surface area contributed by atoms with Crippen LogP contribution >= 0.6 is 0 Å². The molecule has 0 bridgehead atoms. The van der Waals surface area contributed by atoms with Crippen LogP contribution < -0.4 is 15.0 Å². The molecule has 0 spiro atoms. The van der Waals surface area contributed by atoms with Crippen molar-refractivity contribution in [3.8, 4) is 5.75 Å². The molecule has 0 aliphatic carbocycles. The minimum absolute atomic E-state index is 0.115. The second kappa shape index (κ2) is 15.9. The molecule has 6 heteroatoms. The Balaban J connectivity index is 1.18. The smallest absolute Gasteiger partial charge is 0.328 e. The van der Waals surface area contributed by atoms with Crippen molar-refractivity contribution in [3.63, 3.8) is 0 Å². The highest BCUT2D eigenvalue weighted by atomic mass is 16.5. The number of anilines is 2. The molecule has 0 saturated heterocycles. The number of ether oxygens (including phenoxy) is 2. The topological polar surface area (TPSA) is 67.9 Å². The second-order valence-electron chi connectivity index (χ2n) is 10.8. The molecule has 1 atom stereocenters. The van der Waals surface area contributed by atoms with E-state index in [1.165, 1.54) is 18.4 Å². The average Bonchev–Trinajstić information content (AvgIpc) is 3.10. The summed E-state index contributed by atoms with van der Waals surface area (Å²) in [6, 6.07) is 44.3. The van der Waals surface area contributed by atoms with Crippen molar-refractivity contribution in [2.45, 2.75) is 25.4 Å². The lowest BCUT2D eigenvalue weighted by Gasteiger charge is -2.25. The predicted molar refractivity (Wildman–Crippen MR) is 180 cm³/mol. The molecule has 0 aromatic heterocycles. The number of hydrogen-bond acceptors (Lipinski definition) is 6. The number of carbonyl (C=O) groups is 2. The van der Waals surface area contributed by atoms with Crippen molar-refractivity contribution in [1.82, 2.24) is 0 Å². The third-order valence-corrected chi connectivity index (χ3v) is 7.56. The fourth-order valence-electron chi connectivity index (χ4n) is 5.22. The lowest BCUT2D eigenvalue weighted by Crippen LogP contribution is -2.33. The van der Waals surface area contributed by atoms with Gasteiger partial charge in [-0.2, -0.15) is 0 Å². The molecule has 0 amide bonds. The van der Waals surface area contributed by atoms with Gasteiger partial charge in [0.15, 0.2) is 5.78 Å². The third kappa shape index (κ3) is 8.83. The van der Waals surface area contributed by atoms with E-state index >= 15 is 0 Å². The number of esters is 1. The number of nitrogens with zero attached hydrogens (tertiary/aromatic N) is 1. The Hall–Kier alpha value is -5.36. The van der Waals surface area contributed by atoms with E-state index in [0.717, 1.165) is 30.8 Å². The van der Waals surface area contributed by atoms with Gasteiger partial charge in [0.05, 0.1) is 13.7 Å². The molecule has 0 aliphatic rings. The maximum Gasteiger partial charge on any atom is 0.328 e. The van der Waals surface area contributed by atoms with Gasteiger partial charge >= 0.3 is 5.97 Å². The van der Waals surface area contributed by atoms with Crippen LogP contribution in [0.15, 0.2) is 140 Å². The van der Waals surface area contributed by atoms with Crippen LogP contribution in [0.1, 0.15) is 33.5 Å². The fourth-order valence-corrected chi connectivity index (χ4v) is 5.22. The van der Waals surface area contributed by atoms with E-state index in [1.807, 2.05) is 72.8 Å². The Bertz CT molecular complexity index is 1640. The first-order valence-corrected chi connectivity index (χ1v) is 15.2. The van der Waals surface area contributed by atoms with Crippen LogP contribution in [0.5, 0.6) is 5.75 Å². The Morgan fingerprint density at radius 1 is 0.711 bits per heavy atom. The minimum Gasteiger partial charge on any atom is -0.494 e. The van der Waals surface area contributed by atoms with Gasteiger partial charge in [0.1, 0.15) is 11.8 Å². The Morgan fingerprint density at radius 3 is 2.02 bits per heavy atom. The van der Waals surface area contributed by atoms with Gasteiger partial charge in [0, 0.05) is 42.0 Å². The van der Waals surface area contributed by atoms with E-state index in [9.17, 15) is 9.59 Å². The molecule has 1 N–H and O–H groups in total. The summed E-state index contributed by atoms with van der Waals surface area (Å²) < 4.78 is 11.2. The Labute approximate surface area is 265 Å². The summed E-state index contributed by atoms with van der Waals surface area (Å²) in [5.41, 5.74) is 5.06. The van der Waals surface area contributed by atoms with E-state index in [-0.39, 0.29) is 5.78 Å². The first kappa shape index (κ1) is 31.1. The van der Waals surface area contributed by atoms with Crippen molar-refractivity contribution in [2.75, 3.05) is 30.5 Å². The maximum absolute atomic E-state index is 13.2. The third-order valence-electron chi connectivity index (χ3n) is 7.56. The predicted octanol–water partition coefficient (Wildman–Crippen LogP) is 7.59. The van der Waals surface area contributed by atoms with Crippen LogP contribution in [-0.4, -0.2) is 38.1 Å². The quantitative estimate of drug-likeness (QED) is 0.0761. The molecule has 5 aromatic carbocycles. The van der Waals surface area contributed by atoms with Gasteiger partial charge < -0.3 is 19.7 Å². The number of para-hydroxylation sites is 2. The SMILES string of the molecule is COC(=O)[C@H](Cc1ccc(OCCCN(Cc2ccccc2)c2ccccc2)cc1)Nc1ccccc1C(=O)c1ccccc1. The molecule has 228 valence electrons. The Morgan fingerprint density at radius 2 is 1.33 bits per heavy atom. The monoisotopic (exact) mass is 598 g/mol. The first-order valence-electron chi connectivity index (χ1n) is 15.2. The molecule has 0 unspecified atom stereocenters. The van der Waals surface area contributed by atoms with E-state index in [4.69, 9.17) is 9.47 Å². The number of benzene rings is 5. The fraction of sp³-hybridized carbons (Fsp3) is 0.179. The van der Waals surface area contributed by atoms with E-state index in [1.54, 1.807) is 18.2 Å². The van der Waals surface area contributed by atoms with Gasteiger partial charge in [-0.1, -0.05) is 103 Å². The highest BCUT2D eigenvalue weighted by Gasteiger charge is 2.22. The van der Waals surface area contributed by atoms with Crippen LogP contribution in [0.4, 0.5) is 11.4 Å². The molecular weight excluding hydrogens is 560 g/mol. The van der Waals surface area contributed by atoms with Crippen molar-refractivity contribution in [3.05, 3.63) is 162 Å². The molecule has 6 nitrogen and oxygen atoms in total. The van der Waals surface area contributed by atoms with Gasteiger partial charge in [-0.25, -0.2) is 4.79 Å². The Kier molecular flexibility index (Phi) is 11.0. The normalized spacial score (nSPS) is 11.3. The molecule has 5 aromatic rings. The summed E-state index contributed by atoms with van der Waals surface area (Å²) in [6.07, 6.45) is 1.24. The number of methoxy groups -OCH3 is 1. The van der Waals surface area contributed by atoms with Crippen LogP contribution in [-0.2, 0) is 22.5 Å². The lowest BCUT2D eigenvalue weighted by atomic mass is 10.00. The summed E-state index contributed by atoms with van der Waals surface area (Å²) in [6.45, 7) is 2.27.